The Bertz CT molecular complexity index is 556. The van der Waals surface area contributed by atoms with Gasteiger partial charge < -0.3 is 11.1 Å². The van der Waals surface area contributed by atoms with Gasteiger partial charge in [0.2, 0.25) is 0 Å². The van der Waals surface area contributed by atoms with Gasteiger partial charge in [-0.25, -0.2) is 0 Å². The fourth-order valence-electron chi connectivity index (χ4n) is 1.56. The van der Waals surface area contributed by atoms with Crippen molar-refractivity contribution in [2.24, 2.45) is 0 Å². The Balaban J connectivity index is 2.13. The first-order valence-corrected chi connectivity index (χ1v) is 5.81. The molecule has 3 N–H and O–H groups in total. The minimum Gasteiger partial charge on any atom is -0.396 e. The highest BCUT2D eigenvalue weighted by atomic mass is 16.2. The minimum absolute atomic E-state index is 0.225. The van der Waals surface area contributed by atoms with E-state index in [1.54, 1.807) is 27.8 Å². The Morgan fingerprint density at radius 3 is 2.61 bits per heavy atom. The smallest absolute Gasteiger partial charge is 0.279 e. The maximum atomic E-state index is 11.9. The molecular weight excluding hydrogens is 232 g/mol. The molecule has 7 heteroatoms. The fraction of sp³-hybridized carbons (Fsp3) is 0.364. The van der Waals surface area contributed by atoms with Crippen molar-refractivity contribution in [2.75, 3.05) is 11.1 Å². The van der Waals surface area contributed by atoms with Crippen molar-refractivity contribution in [3.05, 3.63) is 24.2 Å². The van der Waals surface area contributed by atoms with Gasteiger partial charge in [-0.2, -0.15) is 10.2 Å². The molecule has 0 unspecified atom stereocenters. The Morgan fingerprint density at radius 1 is 1.33 bits per heavy atom. The van der Waals surface area contributed by atoms with Gasteiger partial charge in [0.15, 0.2) is 11.5 Å². The summed E-state index contributed by atoms with van der Waals surface area (Å²) in [5.74, 6) is 0.147. The molecule has 2 aromatic rings. The van der Waals surface area contributed by atoms with Gasteiger partial charge in [0, 0.05) is 31.5 Å². The summed E-state index contributed by atoms with van der Waals surface area (Å²) < 4.78 is 3.35. The largest absolute Gasteiger partial charge is 0.396 e. The quantitative estimate of drug-likeness (QED) is 0.843. The molecule has 0 saturated heterocycles. The molecule has 18 heavy (non-hydrogen) atoms. The SMILES string of the molecule is CCn1ccc(NC(=O)c2nn(CC)cc2N)n1. The van der Waals surface area contributed by atoms with E-state index in [1.807, 2.05) is 13.8 Å². The minimum atomic E-state index is -0.346. The first-order chi connectivity index (χ1) is 8.63. The van der Waals surface area contributed by atoms with E-state index in [-0.39, 0.29) is 11.6 Å². The van der Waals surface area contributed by atoms with Crippen molar-refractivity contribution in [1.29, 1.82) is 0 Å². The number of anilines is 2. The molecule has 0 aromatic carbocycles. The maximum absolute atomic E-state index is 11.9. The zero-order valence-electron chi connectivity index (χ0n) is 10.4. The van der Waals surface area contributed by atoms with Crippen LogP contribution in [0.2, 0.25) is 0 Å². The van der Waals surface area contributed by atoms with Gasteiger partial charge in [-0.3, -0.25) is 14.2 Å². The Labute approximate surface area is 105 Å². The van der Waals surface area contributed by atoms with E-state index in [0.717, 1.165) is 6.54 Å². The Morgan fingerprint density at radius 2 is 2.06 bits per heavy atom. The summed E-state index contributed by atoms with van der Waals surface area (Å²) in [6, 6.07) is 1.73. The van der Waals surface area contributed by atoms with Gasteiger partial charge in [0.05, 0.1) is 5.69 Å². The van der Waals surface area contributed by atoms with Crippen LogP contribution in [0.5, 0.6) is 0 Å². The molecule has 0 aliphatic heterocycles. The van der Waals surface area contributed by atoms with E-state index in [1.165, 1.54) is 0 Å². The van der Waals surface area contributed by atoms with Crippen LogP contribution in [0.4, 0.5) is 11.5 Å². The van der Waals surface area contributed by atoms with E-state index in [0.29, 0.717) is 18.1 Å². The van der Waals surface area contributed by atoms with Crippen molar-refractivity contribution in [1.82, 2.24) is 19.6 Å². The maximum Gasteiger partial charge on any atom is 0.279 e. The van der Waals surface area contributed by atoms with Crippen LogP contribution in [-0.4, -0.2) is 25.5 Å². The number of nitrogens with one attached hydrogen (secondary N) is 1. The summed E-state index contributed by atoms with van der Waals surface area (Å²) in [6.07, 6.45) is 3.43. The summed E-state index contributed by atoms with van der Waals surface area (Å²) in [4.78, 5) is 11.9. The summed E-state index contributed by atoms with van der Waals surface area (Å²) >= 11 is 0. The second-order valence-corrected chi connectivity index (χ2v) is 3.80. The number of rotatable bonds is 4. The van der Waals surface area contributed by atoms with E-state index in [2.05, 4.69) is 15.5 Å². The van der Waals surface area contributed by atoms with Crippen LogP contribution < -0.4 is 11.1 Å². The number of hydrogen-bond donors (Lipinski definition) is 2. The lowest BCUT2D eigenvalue weighted by Gasteiger charge is -1.99. The van der Waals surface area contributed by atoms with Crippen LogP contribution in [0.25, 0.3) is 0 Å². The molecule has 2 heterocycles. The molecule has 7 nitrogen and oxygen atoms in total. The van der Waals surface area contributed by atoms with Crippen LogP contribution in [0.15, 0.2) is 18.5 Å². The number of aryl methyl sites for hydroxylation is 2. The molecule has 0 aliphatic carbocycles. The average Bonchev–Trinajstić information content (AvgIpc) is 2.95. The molecule has 0 bridgehead atoms. The Hall–Kier alpha value is -2.31. The van der Waals surface area contributed by atoms with Crippen LogP contribution in [0.3, 0.4) is 0 Å². The monoisotopic (exact) mass is 248 g/mol. The molecule has 0 fully saturated rings. The number of nitrogens with two attached hydrogens (primary N) is 1. The summed E-state index contributed by atoms with van der Waals surface area (Å²) in [6.45, 7) is 5.32. The first kappa shape index (κ1) is 12.2. The van der Waals surface area contributed by atoms with E-state index < -0.39 is 0 Å². The van der Waals surface area contributed by atoms with Gasteiger partial charge in [0.25, 0.3) is 5.91 Å². The van der Waals surface area contributed by atoms with Crippen molar-refractivity contribution in [3.63, 3.8) is 0 Å². The fourth-order valence-corrected chi connectivity index (χ4v) is 1.56. The highest BCUT2D eigenvalue weighted by molar-refractivity contribution is 6.05. The standard InChI is InChI=1S/C11H16N6O/c1-3-16-6-5-9(14-16)13-11(18)10-8(12)7-17(4-2)15-10/h5-7H,3-4,12H2,1-2H3,(H,13,14,18). The second kappa shape index (κ2) is 4.91. The number of carbonyl (C=O) groups is 1. The van der Waals surface area contributed by atoms with E-state index in [9.17, 15) is 4.79 Å². The lowest BCUT2D eigenvalue weighted by molar-refractivity contribution is 0.102. The zero-order valence-corrected chi connectivity index (χ0v) is 10.4. The number of carbonyl (C=O) groups excluding carboxylic acids is 1. The third-order valence-corrected chi connectivity index (χ3v) is 2.54. The molecule has 0 radical (unpaired) electrons. The molecular formula is C11H16N6O. The predicted molar refractivity (Wildman–Crippen MR) is 68.2 cm³/mol. The van der Waals surface area contributed by atoms with Gasteiger partial charge in [-0.1, -0.05) is 0 Å². The Kier molecular flexibility index (Phi) is 3.31. The van der Waals surface area contributed by atoms with Crippen LogP contribution in [0.1, 0.15) is 24.3 Å². The number of nitrogen functional groups attached to an aromatic ring is 1. The molecule has 2 rings (SSSR count). The lowest BCUT2D eigenvalue weighted by atomic mass is 10.3. The molecule has 0 saturated carbocycles. The highest BCUT2D eigenvalue weighted by Crippen LogP contribution is 2.11. The highest BCUT2D eigenvalue weighted by Gasteiger charge is 2.15. The van der Waals surface area contributed by atoms with Gasteiger partial charge in [-0.15, -0.1) is 0 Å². The predicted octanol–water partition coefficient (Wildman–Crippen LogP) is 0.954. The third kappa shape index (κ3) is 2.34. The van der Waals surface area contributed by atoms with Crippen molar-refractivity contribution < 1.29 is 4.79 Å². The summed E-state index contributed by atoms with van der Waals surface area (Å²) in [5, 5.41) is 10.9. The van der Waals surface area contributed by atoms with Crippen LogP contribution in [0, 0.1) is 0 Å². The summed E-state index contributed by atoms with van der Waals surface area (Å²) in [7, 11) is 0. The van der Waals surface area contributed by atoms with Gasteiger partial charge in [0.1, 0.15) is 0 Å². The summed E-state index contributed by atoms with van der Waals surface area (Å²) in [5.41, 5.74) is 6.32. The molecule has 0 spiro atoms. The van der Waals surface area contributed by atoms with Gasteiger partial charge in [-0.05, 0) is 13.8 Å². The van der Waals surface area contributed by atoms with Crippen molar-refractivity contribution in [3.8, 4) is 0 Å². The van der Waals surface area contributed by atoms with Crippen molar-refractivity contribution in [2.45, 2.75) is 26.9 Å². The molecule has 2 aromatic heterocycles. The van der Waals surface area contributed by atoms with Crippen molar-refractivity contribution >= 4 is 17.4 Å². The van der Waals surface area contributed by atoms with Gasteiger partial charge >= 0.3 is 0 Å². The topological polar surface area (TPSA) is 90.8 Å². The number of hydrogen-bond acceptors (Lipinski definition) is 4. The number of amides is 1. The van der Waals surface area contributed by atoms with E-state index in [4.69, 9.17) is 5.73 Å². The van der Waals surface area contributed by atoms with Crippen LogP contribution in [-0.2, 0) is 13.1 Å². The van der Waals surface area contributed by atoms with E-state index >= 15 is 0 Å². The normalized spacial score (nSPS) is 10.6. The number of aromatic nitrogens is 4. The second-order valence-electron chi connectivity index (χ2n) is 3.80. The average molecular weight is 248 g/mol. The molecule has 1 amide bonds. The number of nitrogens with zero attached hydrogens (tertiary/aromatic N) is 4. The molecule has 0 aliphatic rings. The third-order valence-electron chi connectivity index (χ3n) is 2.54. The molecule has 0 atom stereocenters. The van der Waals surface area contributed by atoms with Crippen LogP contribution >= 0.6 is 0 Å². The first-order valence-electron chi connectivity index (χ1n) is 5.81. The molecule has 96 valence electrons. The zero-order chi connectivity index (χ0) is 13.1. The lowest BCUT2D eigenvalue weighted by Crippen LogP contribution is -2.15.